The highest BCUT2D eigenvalue weighted by atomic mass is 16.2. The fourth-order valence-electron chi connectivity index (χ4n) is 0.851. The first-order chi connectivity index (χ1) is 6.41. The van der Waals surface area contributed by atoms with Gasteiger partial charge in [0.15, 0.2) is 0 Å². The molecule has 0 amide bonds. The topological polar surface area (TPSA) is 20.2 Å². The van der Waals surface area contributed by atoms with E-state index in [-0.39, 0.29) is 6.61 Å². The second-order valence-electron chi connectivity index (χ2n) is 2.82. The quantitative estimate of drug-likeness (QED) is 0.517. The zero-order valence-electron chi connectivity index (χ0n) is 8.40. The average Bonchev–Trinajstić information content (AvgIpc) is 2.16. The Hall–Kier alpha value is -0.920. The highest BCUT2D eigenvalue weighted by Gasteiger charge is 1.79. The molecule has 1 heteroatoms. The molecule has 0 aliphatic rings. The Bertz CT molecular complexity index is 209. The lowest BCUT2D eigenvalue weighted by Gasteiger charge is -1.86. The smallest absolute Gasteiger partial charge is 0.104 e. The molecule has 0 spiro atoms. The highest BCUT2D eigenvalue weighted by molar-refractivity contribution is 5.01. The predicted octanol–water partition coefficient (Wildman–Crippen LogP) is 2.35. The van der Waals surface area contributed by atoms with Crippen LogP contribution in [-0.2, 0) is 0 Å². The van der Waals surface area contributed by atoms with Gasteiger partial charge in [-0.25, -0.2) is 0 Å². The molecule has 0 aromatic heterocycles. The molecule has 0 aromatic rings. The van der Waals surface area contributed by atoms with Gasteiger partial charge in [-0.3, -0.25) is 0 Å². The molecule has 0 unspecified atom stereocenters. The van der Waals surface area contributed by atoms with Crippen molar-refractivity contribution in [3.63, 3.8) is 0 Å². The molecule has 0 rings (SSSR count). The minimum absolute atomic E-state index is 0.0256. The summed E-state index contributed by atoms with van der Waals surface area (Å²) in [7, 11) is 0. The van der Waals surface area contributed by atoms with Gasteiger partial charge in [-0.2, -0.15) is 0 Å². The second-order valence-corrected chi connectivity index (χ2v) is 2.82. The lowest BCUT2D eigenvalue weighted by molar-refractivity contribution is 0.350. The number of rotatable bonds is 4. The minimum atomic E-state index is -0.0256. The molecule has 0 radical (unpaired) electrons. The van der Waals surface area contributed by atoms with E-state index in [0.717, 1.165) is 25.7 Å². The second kappa shape index (κ2) is 11.1. The van der Waals surface area contributed by atoms with Crippen molar-refractivity contribution in [1.29, 1.82) is 0 Å². The summed E-state index contributed by atoms with van der Waals surface area (Å²) >= 11 is 0. The summed E-state index contributed by atoms with van der Waals surface area (Å²) in [5.41, 5.74) is 0. The third-order valence-corrected chi connectivity index (χ3v) is 1.59. The lowest BCUT2D eigenvalue weighted by atomic mass is 10.2. The Morgan fingerprint density at radius 2 is 1.38 bits per heavy atom. The normalized spacial score (nSPS) is 8.15. The van der Waals surface area contributed by atoms with Crippen molar-refractivity contribution < 1.29 is 5.11 Å². The molecule has 0 atom stereocenters. The van der Waals surface area contributed by atoms with Crippen molar-refractivity contribution in [2.45, 2.75) is 45.4 Å². The Morgan fingerprint density at radius 3 is 1.92 bits per heavy atom. The zero-order valence-corrected chi connectivity index (χ0v) is 8.40. The van der Waals surface area contributed by atoms with Crippen LogP contribution in [-0.4, -0.2) is 11.7 Å². The van der Waals surface area contributed by atoms with E-state index in [1.807, 2.05) is 0 Å². The molecule has 72 valence electrons. The molecule has 1 N–H and O–H groups in total. The Morgan fingerprint density at radius 1 is 0.846 bits per heavy atom. The predicted molar refractivity (Wildman–Crippen MR) is 56.0 cm³/mol. The largest absolute Gasteiger partial charge is 0.384 e. The van der Waals surface area contributed by atoms with Crippen LogP contribution >= 0.6 is 0 Å². The molecule has 0 saturated carbocycles. The number of hydrogen-bond acceptors (Lipinski definition) is 1. The van der Waals surface area contributed by atoms with Crippen molar-refractivity contribution in [2.75, 3.05) is 6.61 Å². The summed E-state index contributed by atoms with van der Waals surface area (Å²) < 4.78 is 0. The van der Waals surface area contributed by atoms with Gasteiger partial charge in [-0.15, -0.1) is 17.8 Å². The van der Waals surface area contributed by atoms with Crippen molar-refractivity contribution >= 4 is 0 Å². The summed E-state index contributed by atoms with van der Waals surface area (Å²) in [4.78, 5) is 0. The average molecular weight is 178 g/mol. The molecular weight excluding hydrogens is 160 g/mol. The maximum Gasteiger partial charge on any atom is 0.104 e. The number of unbranched alkanes of at least 4 members (excludes halogenated alkanes) is 4. The van der Waals surface area contributed by atoms with E-state index in [0.29, 0.717) is 0 Å². The van der Waals surface area contributed by atoms with Crippen LogP contribution < -0.4 is 0 Å². The van der Waals surface area contributed by atoms with Crippen LogP contribution in [0, 0.1) is 23.7 Å². The fourth-order valence-corrected chi connectivity index (χ4v) is 0.851. The van der Waals surface area contributed by atoms with E-state index < -0.39 is 0 Å². The van der Waals surface area contributed by atoms with E-state index in [1.54, 1.807) is 0 Å². The van der Waals surface area contributed by atoms with Crippen LogP contribution in [0.3, 0.4) is 0 Å². The molecular formula is C12H18O. The van der Waals surface area contributed by atoms with E-state index in [9.17, 15) is 0 Å². The van der Waals surface area contributed by atoms with E-state index >= 15 is 0 Å². The van der Waals surface area contributed by atoms with Gasteiger partial charge in [0.1, 0.15) is 6.61 Å². The van der Waals surface area contributed by atoms with Gasteiger partial charge in [-0.05, 0) is 12.8 Å². The summed E-state index contributed by atoms with van der Waals surface area (Å²) in [5.74, 6) is 11.7. The third kappa shape index (κ3) is 11.1. The Kier molecular flexibility index (Phi) is 10.3. The van der Waals surface area contributed by atoms with Gasteiger partial charge >= 0.3 is 0 Å². The van der Waals surface area contributed by atoms with Gasteiger partial charge in [0.25, 0.3) is 0 Å². The summed E-state index contributed by atoms with van der Waals surface area (Å²) in [6.45, 7) is 2.15. The van der Waals surface area contributed by atoms with Crippen molar-refractivity contribution in [3.05, 3.63) is 0 Å². The summed E-state index contributed by atoms with van der Waals surface area (Å²) in [5, 5.41) is 8.36. The van der Waals surface area contributed by atoms with Crippen LogP contribution in [0.2, 0.25) is 0 Å². The van der Waals surface area contributed by atoms with Gasteiger partial charge < -0.3 is 5.11 Å². The molecule has 0 aliphatic heterocycles. The molecule has 0 heterocycles. The van der Waals surface area contributed by atoms with Gasteiger partial charge in [-0.1, -0.05) is 19.3 Å². The SMILES string of the molecule is CCCCC#CCCCC#CCO. The first-order valence-electron chi connectivity index (χ1n) is 4.94. The number of hydrogen-bond donors (Lipinski definition) is 1. The van der Waals surface area contributed by atoms with Crippen LogP contribution in [0.1, 0.15) is 45.4 Å². The zero-order chi connectivity index (χ0) is 9.78. The highest BCUT2D eigenvalue weighted by Crippen LogP contribution is 1.94. The lowest BCUT2D eigenvalue weighted by Crippen LogP contribution is -1.74. The molecule has 0 aromatic carbocycles. The minimum Gasteiger partial charge on any atom is -0.384 e. The standard InChI is InChI=1S/C12H18O/c1-2-3-4-5-6-7-8-9-10-11-12-13/h13H,2-4,7-9,12H2,1H3. The number of aliphatic hydroxyl groups is 1. The van der Waals surface area contributed by atoms with E-state index in [4.69, 9.17) is 5.11 Å². The molecule has 0 bridgehead atoms. The Labute approximate surface area is 81.5 Å². The first kappa shape index (κ1) is 12.1. The molecule has 13 heavy (non-hydrogen) atoms. The van der Waals surface area contributed by atoms with Crippen molar-refractivity contribution in [1.82, 2.24) is 0 Å². The van der Waals surface area contributed by atoms with E-state index in [1.165, 1.54) is 12.8 Å². The van der Waals surface area contributed by atoms with Crippen LogP contribution in [0.5, 0.6) is 0 Å². The monoisotopic (exact) mass is 178 g/mol. The Balaban J connectivity index is 3.17. The van der Waals surface area contributed by atoms with Crippen molar-refractivity contribution in [3.8, 4) is 23.7 Å². The van der Waals surface area contributed by atoms with Gasteiger partial charge in [0.05, 0.1) is 0 Å². The first-order valence-corrected chi connectivity index (χ1v) is 4.94. The van der Waals surface area contributed by atoms with Gasteiger partial charge in [0, 0.05) is 19.3 Å². The van der Waals surface area contributed by atoms with Crippen molar-refractivity contribution in [2.24, 2.45) is 0 Å². The summed E-state index contributed by atoms with van der Waals surface area (Å²) in [6, 6.07) is 0. The maximum absolute atomic E-state index is 8.36. The van der Waals surface area contributed by atoms with E-state index in [2.05, 4.69) is 30.6 Å². The van der Waals surface area contributed by atoms with Crippen LogP contribution in [0.25, 0.3) is 0 Å². The van der Waals surface area contributed by atoms with Crippen LogP contribution in [0.15, 0.2) is 0 Å². The van der Waals surface area contributed by atoms with Gasteiger partial charge in [0.2, 0.25) is 0 Å². The fraction of sp³-hybridized carbons (Fsp3) is 0.667. The molecule has 0 aliphatic carbocycles. The number of aliphatic hydroxyl groups excluding tert-OH is 1. The molecule has 0 saturated heterocycles. The summed E-state index contributed by atoms with van der Waals surface area (Å²) in [6.07, 6.45) is 6.26. The third-order valence-electron chi connectivity index (χ3n) is 1.59. The molecule has 0 fully saturated rings. The maximum atomic E-state index is 8.36. The molecule has 1 nitrogen and oxygen atoms in total. The van der Waals surface area contributed by atoms with Crippen LogP contribution in [0.4, 0.5) is 0 Å².